The Morgan fingerprint density at radius 3 is 3.00 bits per heavy atom. The fraction of sp³-hybridized carbons (Fsp3) is 0.562. The summed E-state index contributed by atoms with van der Waals surface area (Å²) in [5.74, 6) is 0.949. The molecule has 3 heteroatoms. The molecule has 1 atom stereocenters. The van der Waals surface area contributed by atoms with Crippen LogP contribution < -0.4 is 5.32 Å². The number of amides is 1. The lowest BCUT2D eigenvalue weighted by Gasteiger charge is -2.18. The molecule has 0 aromatic heterocycles. The zero-order valence-corrected chi connectivity index (χ0v) is 12.0. The highest BCUT2D eigenvalue weighted by Gasteiger charge is 2.17. The van der Waals surface area contributed by atoms with Crippen molar-refractivity contribution in [2.24, 2.45) is 5.92 Å². The average molecular weight is 260 g/mol. The summed E-state index contributed by atoms with van der Waals surface area (Å²) in [4.78, 5) is 13.9. The van der Waals surface area contributed by atoms with Crippen molar-refractivity contribution in [3.63, 3.8) is 0 Å². The Hall–Kier alpha value is -1.35. The second-order valence-electron chi connectivity index (χ2n) is 5.64. The molecule has 1 saturated heterocycles. The number of carbonyl (C=O) groups is 1. The van der Waals surface area contributed by atoms with Gasteiger partial charge in [-0.2, -0.15) is 0 Å². The van der Waals surface area contributed by atoms with Crippen LogP contribution in [0.2, 0.25) is 0 Å². The average Bonchev–Trinajstić information content (AvgIpc) is 2.89. The molecule has 0 radical (unpaired) electrons. The van der Waals surface area contributed by atoms with Crippen molar-refractivity contribution in [2.45, 2.75) is 32.7 Å². The van der Waals surface area contributed by atoms with Crippen LogP contribution in [-0.4, -0.2) is 30.9 Å². The van der Waals surface area contributed by atoms with E-state index < -0.39 is 0 Å². The summed E-state index contributed by atoms with van der Waals surface area (Å²) >= 11 is 0. The zero-order chi connectivity index (χ0) is 13.7. The SMILES string of the molecule is Cc1cccc(CN(C)C(=O)CCC2CCNC2)c1. The summed E-state index contributed by atoms with van der Waals surface area (Å²) in [7, 11) is 1.90. The molecule has 1 N–H and O–H groups in total. The lowest BCUT2D eigenvalue weighted by atomic mass is 10.0. The Morgan fingerprint density at radius 2 is 2.32 bits per heavy atom. The van der Waals surface area contributed by atoms with Gasteiger partial charge in [-0.3, -0.25) is 4.79 Å². The molecule has 0 bridgehead atoms. The second kappa shape index (κ2) is 6.71. The number of rotatable bonds is 5. The third kappa shape index (κ3) is 4.35. The minimum Gasteiger partial charge on any atom is -0.341 e. The highest BCUT2D eigenvalue weighted by atomic mass is 16.2. The lowest BCUT2D eigenvalue weighted by Crippen LogP contribution is -2.26. The fourth-order valence-corrected chi connectivity index (χ4v) is 2.65. The normalized spacial score (nSPS) is 18.5. The van der Waals surface area contributed by atoms with Gasteiger partial charge in [0.15, 0.2) is 0 Å². The first-order chi connectivity index (χ1) is 9.15. The van der Waals surface area contributed by atoms with Gasteiger partial charge in [0.25, 0.3) is 0 Å². The maximum absolute atomic E-state index is 12.1. The maximum Gasteiger partial charge on any atom is 0.222 e. The largest absolute Gasteiger partial charge is 0.341 e. The van der Waals surface area contributed by atoms with Crippen LogP contribution in [0.15, 0.2) is 24.3 Å². The van der Waals surface area contributed by atoms with E-state index in [0.717, 1.165) is 19.5 Å². The predicted molar refractivity (Wildman–Crippen MR) is 77.9 cm³/mol. The second-order valence-corrected chi connectivity index (χ2v) is 5.64. The standard InChI is InChI=1S/C16H24N2O/c1-13-4-3-5-15(10-13)12-18(2)16(19)7-6-14-8-9-17-11-14/h3-5,10,14,17H,6-9,11-12H2,1-2H3. The van der Waals surface area contributed by atoms with Gasteiger partial charge in [-0.1, -0.05) is 29.8 Å². The van der Waals surface area contributed by atoms with Crippen molar-refractivity contribution in [1.29, 1.82) is 0 Å². The van der Waals surface area contributed by atoms with E-state index in [2.05, 4.69) is 30.4 Å². The van der Waals surface area contributed by atoms with E-state index in [-0.39, 0.29) is 5.91 Å². The van der Waals surface area contributed by atoms with Crippen LogP contribution >= 0.6 is 0 Å². The summed E-state index contributed by atoms with van der Waals surface area (Å²) in [6, 6.07) is 8.36. The van der Waals surface area contributed by atoms with E-state index in [1.54, 1.807) is 0 Å². The van der Waals surface area contributed by atoms with E-state index in [1.807, 2.05) is 18.0 Å². The van der Waals surface area contributed by atoms with Crippen molar-refractivity contribution >= 4 is 5.91 Å². The fourth-order valence-electron chi connectivity index (χ4n) is 2.65. The van der Waals surface area contributed by atoms with Crippen LogP contribution in [-0.2, 0) is 11.3 Å². The monoisotopic (exact) mass is 260 g/mol. The van der Waals surface area contributed by atoms with Crippen molar-refractivity contribution < 1.29 is 4.79 Å². The van der Waals surface area contributed by atoms with E-state index >= 15 is 0 Å². The van der Waals surface area contributed by atoms with Gasteiger partial charge in [-0.15, -0.1) is 0 Å². The van der Waals surface area contributed by atoms with Gasteiger partial charge in [0, 0.05) is 20.0 Å². The van der Waals surface area contributed by atoms with Crippen LogP contribution in [0, 0.1) is 12.8 Å². The number of nitrogens with zero attached hydrogens (tertiary/aromatic N) is 1. The molecule has 3 nitrogen and oxygen atoms in total. The smallest absolute Gasteiger partial charge is 0.222 e. The van der Waals surface area contributed by atoms with Crippen molar-refractivity contribution in [2.75, 3.05) is 20.1 Å². The summed E-state index contributed by atoms with van der Waals surface area (Å²) in [6.07, 6.45) is 2.91. The number of benzene rings is 1. The first kappa shape index (κ1) is 14.1. The summed E-state index contributed by atoms with van der Waals surface area (Å²) in [5, 5.41) is 3.35. The zero-order valence-electron chi connectivity index (χ0n) is 12.0. The number of aryl methyl sites for hydroxylation is 1. The minimum atomic E-state index is 0.258. The molecule has 0 saturated carbocycles. The number of hydrogen-bond acceptors (Lipinski definition) is 2. The molecule has 1 unspecified atom stereocenters. The van der Waals surface area contributed by atoms with Crippen molar-refractivity contribution in [3.05, 3.63) is 35.4 Å². The van der Waals surface area contributed by atoms with Gasteiger partial charge in [-0.05, 0) is 44.3 Å². The molecule has 2 rings (SSSR count). The minimum absolute atomic E-state index is 0.258. The number of hydrogen-bond donors (Lipinski definition) is 1. The summed E-state index contributed by atoms with van der Waals surface area (Å²) in [5.41, 5.74) is 2.45. The van der Waals surface area contributed by atoms with Gasteiger partial charge in [0.2, 0.25) is 5.91 Å². The molecule has 1 fully saturated rings. The molecule has 0 spiro atoms. The van der Waals surface area contributed by atoms with Gasteiger partial charge >= 0.3 is 0 Å². The molecular weight excluding hydrogens is 236 g/mol. The van der Waals surface area contributed by atoms with Crippen LogP contribution in [0.3, 0.4) is 0 Å². The van der Waals surface area contributed by atoms with Crippen LogP contribution in [0.5, 0.6) is 0 Å². The Labute approximate surface area is 116 Å². The lowest BCUT2D eigenvalue weighted by molar-refractivity contribution is -0.130. The molecule has 0 aliphatic carbocycles. The van der Waals surface area contributed by atoms with E-state index in [1.165, 1.54) is 17.5 Å². The van der Waals surface area contributed by atoms with Crippen LogP contribution in [0.1, 0.15) is 30.4 Å². The summed E-state index contributed by atoms with van der Waals surface area (Å²) < 4.78 is 0. The van der Waals surface area contributed by atoms with Gasteiger partial charge in [0.05, 0.1) is 0 Å². The van der Waals surface area contributed by atoms with Gasteiger partial charge in [-0.25, -0.2) is 0 Å². The number of nitrogens with one attached hydrogen (secondary N) is 1. The Morgan fingerprint density at radius 1 is 1.47 bits per heavy atom. The predicted octanol–water partition coefficient (Wildman–Crippen LogP) is 2.34. The van der Waals surface area contributed by atoms with Crippen molar-refractivity contribution in [3.8, 4) is 0 Å². The molecule has 104 valence electrons. The Bertz CT molecular complexity index is 425. The van der Waals surface area contributed by atoms with E-state index in [0.29, 0.717) is 18.9 Å². The highest BCUT2D eigenvalue weighted by molar-refractivity contribution is 5.75. The third-order valence-electron chi connectivity index (χ3n) is 3.86. The summed E-state index contributed by atoms with van der Waals surface area (Å²) in [6.45, 7) is 4.98. The van der Waals surface area contributed by atoms with Gasteiger partial charge < -0.3 is 10.2 Å². The topological polar surface area (TPSA) is 32.3 Å². The third-order valence-corrected chi connectivity index (χ3v) is 3.86. The quantitative estimate of drug-likeness (QED) is 0.881. The first-order valence-corrected chi connectivity index (χ1v) is 7.15. The van der Waals surface area contributed by atoms with E-state index in [4.69, 9.17) is 0 Å². The molecule has 1 heterocycles. The first-order valence-electron chi connectivity index (χ1n) is 7.15. The molecule has 1 aromatic rings. The molecule has 1 amide bonds. The molecule has 1 aromatic carbocycles. The highest BCUT2D eigenvalue weighted by Crippen LogP contribution is 2.15. The molecule has 1 aliphatic rings. The van der Waals surface area contributed by atoms with E-state index in [9.17, 15) is 4.79 Å². The van der Waals surface area contributed by atoms with Crippen LogP contribution in [0.25, 0.3) is 0 Å². The number of carbonyl (C=O) groups excluding carboxylic acids is 1. The molecule has 19 heavy (non-hydrogen) atoms. The van der Waals surface area contributed by atoms with Crippen molar-refractivity contribution in [1.82, 2.24) is 10.2 Å². The Kier molecular flexibility index (Phi) is 4.97. The molecule has 1 aliphatic heterocycles. The molecular formula is C16H24N2O. The van der Waals surface area contributed by atoms with Gasteiger partial charge in [0.1, 0.15) is 0 Å². The maximum atomic E-state index is 12.1. The Balaban J connectivity index is 1.78. The van der Waals surface area contributed by atoms with Crippen LogP contribution in [0.4, 0.5) is 0 Å².